The summed E-state index contributed by atoms with van der Waals surface area (Å²) in [7, 11) is 0. The van der Waals surface area contributed by atoms with Crippen LogP contribution in [-0.2, 0) is 17.9 Å². The molecule has 2 atom stereocenters. The number of nitrogens with one attached hydrogen (secondary N) is 2. The highest BCUT2D eigenvalue weighted by Gasteiger charge is 2.24. The number of hydrogen-bond acceptors (Lipinski definition) is 7. The lowest BCUT2D eigenvalue weighted by molar-refractivity contribution is -0.123. The molecular weight excluding hydrogens is 322 g/mol. The van der Waals surface area contributed by atoms with Gasteiger partial charge in [0, 0.05) is 19.5 Å². The monoisotopic (exact) mass is 347 g/mol. The first kappa shape index (κ1) is 17.6. The fourth-order valence-electron chi connectivity index (χ4n) is 3.11. The molecule has 2 aromatic rings. The predicted octanol–water partition coefficient (Wildman–Crippen LogP) is 1.23. The van der Waals surface area contributed by atoms with E-state index in [4.69, 9.17) is 8.94 Å². The van der Waals surface area contributed by atoms with Gasteiger partial charge in [0.1, 0.15) is 5.76 Å². The standard InChI is InChI=1S/C17H25N5O3/c1-12(17(23)18-9-15-6-4-8-24-15)19-14-5-3-7-22(10-14)11-16-20-13(2)25-21-16/h4,6,8,12,14,19H,3,5,7,9-11H2,1-2H3,(H,18,23)/t12-,14+/m0/s1. The first-order valence-electron chi connectivity index (χ1n) is 8.68. The van der Waals surface area contributed by atoms with Gasteiger partial charge >= 0.3 is 0 Å². The van der Waals surface area contributed by atoms with Gasteiger partial charge in [0.2, 0.25) is 11.8 Å². The summed E-state index contributed by atoms with van der Waals surface area (Å²) in [5.41, 5.74) is 0. The van der Waals surface area contributed by atoms with E-state index in [1.807, 2.05) is 19.1 Å². The second-order valence-electron chi connectivity index (χ2n) is 6.49. The quantitative estimate of drug-likeness (QED) is 0.777. The molecule has 8 nitrogen and oxygen atoms in total. The van der Waals surface area contributed by atoms with Crippen molar-refractivity contribution in [3.8, 4) is 0 Å². The SMILES string of the molecule is Cc1nc(CN2CCC[C@@H](N[C@@H](C)C(=O)NCc3ccco3)C2)no1. The molecule has 1 saturated heterocycles. The van der Waals surface area contributed by atoms with Crippen LogP contribution in [0.4, 0.5) is 0 Å². The number of hydrogen-bond donors (Lipinski definition) is 2. The number of aryl methyl sites for hydroxylation is 1. The van der Waals surface area contributed by atoms with Crippen LogP contribution in [0.1, 0.15) is 37.2 Å². The molecule has 0 saturated carbocycles. The minimum absolute atomic E-state index is 0.0256. The van der Waals surface area contributed by atoms with E-state index in [0.717, 1.165) is 31.7 Å². The molecule has 1 amide bonds. The molecule has 25 heavy (non-hydrogen) atoms. The van der Waals surface area contributed by atoms with E-state index in [-0.39, 0.29) is 18.0 Å². The van der Waals surface area contributed by atoms with Crippen LogP contribution in [0.3, 0.4) is 0 Å². The Hall–Kier alpha value is -2.19. The molecule has 0 aliphatic carbocycles. The van der Waals surface area contributed by atoms with E-state index in [2.05, 4.69) is 25.7 Å². The molecule has 2 N–H and O–H groups in total. The molecule has 1 aliphatic heterocycles. The number of furan rings is 1. The molecule has 0 radical (unpaired) electrons. The number of nitrogens with zero attached hydrogens (tertiary/aromatic N) is 3. The van der Waals surface area contributed by atoms with Gasteiger partial charge in [-0.15, -0.1) is 0 Å². The third kappa shape index (κ3) is 5.14. The Bertz CT molecular complexity index is 670. The van der Waals surface area contributed by atoms with Crippen LogP contribution in [-0.4, -0.2) is 46.1 Å². The first-order chi connectivity index (χ1) is 12.1. The number of amides is 1. The maximum absolute atomic E-state index is 12.2. The Morgan fingerprint density at radius 3 is 3.12 bits per heavy atom. The van der Waals surface area contributed by atoms with Crippen molar-refractivity contribution in [2.24, 2.45) is 0 Å². The second kappa shape index (κ2) is 8.26. The Labute approximate surface area is 146 Å². The molecule has 0 unspecified atom stereocenters. The summed E-state index contributed by atoms with van der Waals surface area (Å²) in [5.74, 6) is 2.02. The number of carbonyl (C=O) groups is 1. The minimum Gasteiger partial charge on any atom is -0.467 e. The average Bonchev–Trinajstić information content (AvgIpc) is 3.24. The summed E-state index contributed by atoms with van der Waals surface area (Å²) in [6.45, 7) is 6.63. The van der Waals surface area contributed by atoms with Gasteiger partial charge in [0.25, 0.3) is 0 Å². The second-order valence-corrected chi connectivity index (χ2v) is 6.49. The average molecular weight is 347 g/mol. The van der Waals surface area contributed by atoms with Gasteiger partial charge in [-0.2, -0.15) is 4.98 Å². The number of likely N-dealkylation sites (tertiary alicyclic amines) is 1. The van der Waals surface area contributed by atoms with E-state index in [9.17, 15) is 4.79 Å². The van der Waals surface area contributed by atoms with Gasteiger partial charge in [-0.05, 0) is 38.4 Å². The Kier molecular flexibility index (Phi) is 5.83. The zero-order valence-electron chi connectivity index (χ0n) is 14.7. The highest BCUT2D eigenvalue weighted by Crippen LogP contribution is 2.13. The summed E-state index contributed by atoms with van der Waals surface area (Å²) in [6.07, 6.45) is 3.73. The van der Waals surface area contributed by atoms with E-state index in [0.29, 0.717) is 24.8 Å². The molecule has 0 spiro atoms. The molecule has 136 valence electrons. The smallest absolute Gasteiger partial charge is 0.237 e. The van der Waals surface area contributed by atoms with Gasteiger partial charge in [-0.3, -0.25) is 9.69 Å². The van der Waals surface area contributed by atoms with Crippen molar-refractivity contribution < 1.29 is 13.7 Å². The van der Waals surface area contributed by atoms with Crippen molar-refractivity contribution in [3.05, 3.63) is 35.9 Å². The molecular formula is C17H25N5O3. The number of aromatic nitrogens is 2. The lowest BCUT2D eigenvalue weighted by atomic mass is 10.0. The largest absolute Gasteiger partial charge is 0.467 e. The normalized spacial score (nSPS) is 19.7. The first-order valence-corrected chi connectivity index (χ1v) is 8.68. The summed E-state index contributed by atoms with van der Waals surface area (Å²) in [6, 6.07) is 3.67. The van der Waals surface area contributed by atoms with E-state index < -0.39 is 0 Å². The van der Waals surface area contributed by atoms with Gasteiger partial charge in [0.15, 0.2) is 5.82 Å². The van der Waals surface area contributed by atoms with Gasteiger partial charge in [-0.25, -0.2) is 0 Å². The minimum atomic E-state index is -0.257. The van der Waals surface area contributed by atoms with Crippen molar-refractivity contribution in [2.45, 2.75) is 51.9 Å². The van der Waals surface area contributed by atoms with Crippen molar-refractivity contribution >= 4 is 5.91 Å². The van der Waals surface area contributed by atoms with Crippen LogP contribution >= 0.6 is 0 Å². The molecule has 8 heteroatoms. The fourth-order valence-corrected chi connectivity index (χ4v) is 3.11. The van der Waals surface area contributed by atoms with Crippen LogP contribution < -0.4 is 10.6 Å². The molecule has 0 bridgehead atoms. The van der Waals surface area contributed by atoms with Crippen molar-refractivity contribution in [2.75, 3.05) is 13.1 Å². The van der Waals surface area contributed by atoms with Crippen molar-refractivity contribution in [1.82, 2.24) is 25.7 Å². The summed E-state index contributed by atoms with van der Waals surface area (Å²) in [4.78, 5) is 18.8. The topological polar surface area (TPSA) is 96.4 Å². The molecule has 1 fully saturated rings. The third-order valence-electron chi connectivity index (χ3n) is 4.34. The highest BCUT2D eigenvalue weighted by molar-refractivity contribution is 5.81. The number of piperidine rings is 1. The van der Waals surface area contributed by atoms with Gasteiger partial charge < -0.3 is 19.6 Å². The van der Waals surface area contributed by atoms with Crippen molar-refractivity contribution in [3.63, 3.8) is 0 Å². The molecule has 3 rings (SSSR count). The Balaban J connectivity index is 1.43. The van der Waals surface area contributed by atoms with E-state index >= 15 is 0 Å². The van der Waals surface area contributed by atoms with Crippen LogP contribution in [0.25, 0.3) is 0 Å². The molecule has 3 heterocycles. The van der Waals surface area contributed by atoms with E-state index in [1.165, 1.54) is 0 Å². The molecule has 1 aliphatic rings. The van der Waals surface area contributed by atoms with Gasteiger partial charge in [-0.1, -0.05) is 5.16 Å². The zero-order valence-corrected chi connectivity index (χ0v) is 14.7. The highest BCUT2D eigenvalue weighted by atomic mass is 16.5. The van der Waals surface area contributed by atoms with E-state index in [1.54, 1.807) is 13.2 Å². The van der Waals surface area contributed by atoms with Crippen LogP contribution in [0, 0.1) is 6.92 Å². The van der Waals surface area contributed by atoms with Crippen LogP contribution in [0.15, 0.2) is 27.3 Å². The Morgan fingerprint density at radius 2 is 2.40 bits per heavy atom. The molecule has 0 aromatic carbocycles. The fraction of sp³-hybridized carbons (Fsp3) is 0.588. The van der Waals surface area contributed by atoms with Gasteiger partial charge in [0.05, 0.1) is 25.4 Å². The van der Waals surface area contributed by atoms with Crippen LogP contribution in [0.5, 0.6) is 0 Å². The maximum Gasteiger partial charge on any atom is 0.237 e. The summed E-state index contributed by atoms with van der Waals surface area (Å²) in [5, 5.41) is 10.3. The maximum atomic E-state index is 12.2. The van der Waals surface area contributed by atoms with Crippen LogP contribution in [0.2, 0.25) is 0 Å². The molecule has 2 aromatic heterocycles. The lowest BCUT2D eigenvalue weighted by Crippen LogP contribution is -2.52. The van der Waals surface area contributed by atoms with Crippen molar-refractivity contribution in [1.29, 1.82) is 0 Å². The lowest BCUT2D eigenvalue weighted by Gasteiger charge is -2.33. The number of carbonyl (C=O) groups excluding carboxylic acids is 1. The Morgan fingerprint density at radius 1 is 1.52 bits per heavy atom. The zero-order chi connectivity index (χ0) is 17.6. The summed E-state index contributed by atoms with van der Waals surface area (Å²) < 4.78 is 10.2. The third-order valence-corrected chi connectivity index (χ3v) is 4.34. The number of rotatable bonds is 7. The predicted molar refractivity (Wildman–Crippen MR) is 90.5 cm³/mol. The summed E-state index contributed by atoms with van der Waals surface area (Å²) >= 11 is 0.